The van der Waals surface area contributed by atoms with Crippen LogP contribution in [-0.4, -0.2) is 53.3 Å². The highest BCUT2D eigenvalue weighted by atomic mass is 19.4. The van der Waals surface area contributed by atoms with Gasteiger partial charge in [-0.15, -0.1) is 0 Å². The molecule has 1 aromatic rings. The van der Waals surface area contributed by atoms with Crippen LogP contribution in [0, 0.1) is 11.3 Å². The van der Waals surface area contributed by atoms with E-state index in [9.17, 15) is 61.9 Å². The zero-order valence-electron chi connectivity index (χ0n) is 18.8. The van der Waals surface area contributed by atoms with Crippen LogP contribution in [0.25, 0.3) is 0 Å². The summed E-state index contributed by atoms with van der Waals surface area (Å²) in [5, 5.41) is 12.1. The Balaban J connectivity index is 3.04. The van der Waals surface area contributed by atoms with Gasteiger partial charge < -0.3 is 4.74 Å². The van der Waals surface area contributed by atoms with Gasteiger partial charge >= 0.3 is 41.9 Å². The molecule has 38 heavy (non-hydrogen) atoms. The number of hydrogen-bond donors (Lipinski definition) is 0. The summed E-state index contributed by atoms with van der Waals surface area (Å²) in [7, 11) is 0. The van der Waals surface area contributed by atoms with Gasteiger partial charge in [0.15, 0.2) is 5.71 Å². The van der Waals surface area contributed by atoms with Crippen molar-refractivity contribution in [3.8, 4) is 6.07 Å². The first kappa shape index (κ1) is 32.8. The Morgan fingerprint density at radius 3 is 1.71 bits per heavy atom. The van der Waals surface area contributed by atoms with Crippen LogP contribution in [0.15, 0.2) is 35.5 Å². The molecule has 0 atom stereocenters. The van der Waals surface area contributed by atoms with Gasteiger partial charge in [0.2, 0.25) is 0 Å². The molecule has 1 aromatic carbocycles. The largest absolute Gasteiger partial charge is 0.535 e. The summed E-state index contributed by atoms with van der Waals surface area (Å²) in [6.45, 7) is 1.41. The highest BCUT2D eigenvalue weighted by Crippen LogP contribution is 2.60. The van der Waals surface area contributed by atoms with Gasteiger partial charge in [-0.05, 0) is 20.3 Å². The number of benzene rings is 1. The van der Waals surface area contributed by atoms with Crippen molar-refractivity contribution in [3.05, 3.63) is 35.9 Å². The molecule has 18 heteroatoms. The lowest BCUT2D eigenvalue weighted by molar-refractivity contribution is -0.440. The first-order valence-corrected chi connectivity index (χ1v) is 9.77. The van der Waals surface area contributed by atoms with E-state index >= 15 is 0 Å². The number of nitrogens with zero attached hydrogens (tertiary/aromatic N) is 2. The van der Waals surface area contributed by atoms with Crippen LogP contribution in [0.5, 0.6) is 0 Å². The van der Waals surface area contributed by atoms with Crippen molar-refractivity contribution in [1.29, 1.82) is 5.26 Å². The molecular formula is C20H15F13N2O3. The monoisotopic (exact) mass is 578 g/mol. The maximum atomic E-state index is 13.9. The predicted octanol–water partition coefficient (Wildman–Crippen LogP) is 7.37. The van der Waals surface area contributed by atoms with E-state index in [1.165, 1.54) is 30.3 Å². The van der Waals surface area contributed by atoms with Crippen molar-refractivity contribution in [3.63, 3.8) is 0 Å². The van der Waals surface area contributed by atoms with Crippen LogP contribution in [-0.2, 0) is 9.57 Å². The van der Waals surface area contributed by atoms with E-state index in [0.717, 1.165) is 0 Å². The van der Waals surface area contributed by atoms with Crippen molar-refractivity contribution >= 4 is 11.9 Å². The van der Waals surface area contributed by atoms with Crippen LogP contribution in [0.2, 0.25) is 0 Å². The fraction of sp³-hybridized carbons (Fsp3) is 0.550. The summed E-state index contributed by atoms with van der Waals surface area (Å²) >= 11 is 0. The van der Waals surface area contributed by atoms with Gasteiger partial charge in [0.25, 0.3) is 0 Å². The summed E-state index contributed by atoms with van der Waals surface area (Å²) in [4.78, 5) is 15.9. The normalized spacial score (nSPS) is 14.6. The van der Waals surface area contributed by atoms with Gasteiger partial charge in [-0.3, -0.25) is 4.84 Å². The number of rotatable bonds is 10. The molecular weight excluding hydrogens is 563 g/mol. The van der Waals surface area contributed by atoms with Crippen molar-refractivity contribution in [2.24, 2.45) is 5.16 Å². The van der Waals surface area contributed by atoms with E-state index in [1.54, 1.807) is 6.07 Å². The van der Waals surface area contributed by atoms with Gasteiger partial charge in [-0.2, -0.15) is 62.3 Å². The number of halogens is 13. The van der Waals surface area contributed by atoms with Crippen molar-refractivity contribution in [2.75, 3.05) is 0 Å². The van der Waals surface area contributed by atoms with Gasteiger partial charge in [0.05, 0.1) is 0 Å². The van der Waals surface area contributed by atoms with Gasteiger partial charge in [0, 0.05) is 12.0 Å². The number of nitriles is 1. The van der Waals surface area contributed by atoms with Gasteiger partial charge in [-0.25, -0.2) is 4.79 Å². The van der Waals surface area contributed by atoms with Gasteiger partial charge in [0.1, 0.15) is 11.7 Å². The summed E-state index contributed by atoms with van der Waals surface area (Å²) in [5.74, 6) is -37.5. The molecule has 0 amide bonds. The SMILES string of the molecule is CC(C)(CCC(F)(F)C(F)(F)C(F)(F)C(F)(F)C(F)(F)C(F)(F)F)OC(=O)O/N=C(/C#N)c1ccccc1. The van der Waals surface area contributed by atoms with E-state index in [4.69, 9.17) is 5.26 Å². The summed E-state index contributed by atoms with van der Waals surface area (Å²) in [6.07, 6.45) is -13.5. The fourth-order valence-electron chi connectivity index (χ4n) is 2.53. The molecule has 0 aliphatic carbocycles. The van der Waals surface area contributed by atoms with E-state index < -0.39 is 66.1 Å². The molecule has 0 aliphatic heterocycles. The molecule has 0 aliphatic rings. The van der Waals surface area contributed by atoms with Crippen molar-refractivity contribution in [1.82, 2.24) is 0 Å². The van der Waals surface area contributed by atoms with Crippen molar-refractivity contribution in [2.45, 2.75) is 68.1 Å². The van der Waals surface area contributed by atoms with E-state index in [2.05, 4.69) is 14.7 Å². The quantitative estimate of drug-likeness (QED) is 0.0957. The van der Waals surface area contributed by atoms with Crippen LogP contribution in [0.1, 0.15) is 32.3 Å². The lowest BCUT2D eigenvalue weighted by atomic mass is 9.89. The van der Waals surface area contributed by atoms with Crippen molar-refractivity contribution < 1.29 is 71.4 Å². The minimum Gasteiger partial charge on any atom is -0.427 e. The lowest BCUT2D eigenvalue weighted by Gasteiger charge is -2.40. The standard InChI is InChI=1S/C20H15F13N2O3/c1-14(2,37-13(36)38-35-12(10-34)11-6-4-3-5-7-11)8-9-15(21,22)16(23,24)17(25,26)18(27,28)19(29,30)20(31,32)33/h3-7H,8-9H2,1-2H3/b35-12-. The Hall–Kier alpha value is -3.26. The maximum Gasteiger partial charge on any atom is 0.535 e. The zero-order valence-corrected chi connectivity index (χ0v) is 18.8. The first-order chi connectivity index (χ1) is 16.9. The summed E-state index contributed by atoms with van der Waals surface area (Å²) < 4.78 is 176. The second-order valence-corrected chi connectivity index (χ2v) is 8.12. The molecule has 0 N–H and O–H groups in total. The number of carbonyl (C=O) groups is 1. The minimum atomic E-state index is -8.00. The molecule has 0 spiro atoms. The second kappa shape index (κ2) is 10.5. The van der Waals surface area contributed by atoms with E-state index in [0.29, 0.717) is 13.8 Å². The highest BCUT2D eigenvalue weighted by Gasteiger charge is 2.90. The highest BCUT2D eigenvalue weighted by molar-refractivity contribution is 6.11. The molecule has 0 saturated carbocycles. The van der Waals surface area contributed by atoms with Crippen LogP contribution in [0.4, 0.5) is 61.9 Å². The molecule has 1 rings (SSSR count). The van der Waals surface area contributed by atoms with Crippen LogP contribution < -0.4 is 0 Å². The summed E-state index contributed by atoms with van der Waals surface area (Å²) in [6, 6.07) is 8.70. The fourth-order valence-corrected chi connectivity index (χ4v) is 2.53. The predicted molar refractivity (Wildman–Crippen MR) is 100 cm³/mol. The molecule has 5 nitrogen and oxygen atoms in total. The third-order valence-corrected chi connectivity index (χ3v) is 4.76. The third-order valence-electron chi connectivity index (χ3n) is 4.76. The van der Waals surface area contributed by atoms with Crippen LogP contribution in [0.3, 0.4) is 0 Å². The average molecular weight is 578 g/mol. The molecule has 0 aromatic heterocycles. The second-order valence-electron chi connectivity index (χ2n) is 8.12. The molecule has 0 bridgehead atoms. The smallest absolute Gasteiger partial charge is 0.427 e. The Bertz CT molecular complexity index is 1060. The lowest BCUT2D eigenvalue weighted by Crippen LogP contribution is -2.70. The maximum absolute atomic E-state index is 13.9. The molecule has 0 fully saturated rings. The van der Waals surface area contributed by atoms with E-state index in [-0.39, 0.29) is 5.56 Å². The molecule has 0 heterocycles. The Morgan fingerprint density at radius 1 is 0.789 bits per heavy atom. The zero-order chi connectivity index (χ0) is 30.0. The summed E-state index contributed by atoms with van der Waals surface area (Å²) in [5.41, 5.74) is -2.69. The molecule has 0 unspecified atom stereocenters. The molecule has 214 valence electrons. The Labute approximate surface area is 204 Å². The molecule has 0 radical (unpaired) electrons. The number of alkyl halides is 13. The minimum absolute atomic E-state index is 0.137. The Kier molecular flexibility index (Phi) is 9.04. The third kappa shape index (κ3) is 6.23. The molecule has 0 saturated heterocycles. The first-order valence-electron chi connectivity index (χ1n) is 9.77. The number of hydrogen-bond acceptors (Lipinski definition) is 5. The Morgan fingerprint density at radius 2 is 1.26 bits per heavy atom. The van der Waals surface area contributed by atoms with Crippen LogP contribution >= 0.6 is 0 Å². The van der Waals surface area contributed by atoms with E-state index in [1.807, 2.05) is 0 Å². The number of oxime groups is 1. The number of carbonyl (C=O) groups excluding carboxylic acids is 1. The number of ether oxygens (including phenoxy) is 1. The average Bonchev–Trinajstić information content (AvgIpc) is 2.77. The van der Waals surface area contributed by atoms with Gasteiger partial charge in [-0.1, -0.05) is 35.5 Å². The topological polar surface area (TPSA) is 71.7 Å².